The zero-order valence-corrected chi connectivity index (χ0v) is 9.08. The molecule has 0 bridgehead atoms. The van der Waals surface area contributed by atoms with Crippen LogP contribution in [0.25, 0.3) is 0 Å². The number of alkyl halides is 3. The molecule has 0 aromatic carbocycles. The Morgan fingerprint density at radius 3 is 2.47 bits per heavy atom. The molecule has 1 aromatic rings. The van der Waals surface area contributed by atoms with Crippen LogP contribution in [-0.2, 0) is 10.3 Å². The van der Waals surface area contributed by atoms with Gasteiger partial charge in [0.25, 0.3) is 0 Å². The van der Waals surface area contributed by atoms with Gasteiger partial charge >= 0.3 is 12.1 Å². The van der Waals surface area contributed by atoms with Gasteiger partial charge in [-0.3, -0.25) is 4.98 Å². The molecule has 1 aromatic heterocycles. The first-order chi connectivity index (χ1) is 7.70. The second-order valence-electron chi connectivity index (χ2n) is 3.52. The smallest absolute Gasteiger partial charge is 0.421 e. The topological polar surface area (TPSA) is 59.4 Å². The molecule has 0 aliphatic rings. The number of carbonyl (C=O) groups is 1. The van der Waals surface area contributed by atoms with Gasteiger partial charge < -0.3 is 9.84 Å². The lowest BCUT2D eigenvalue weighted by Gasteiger charge is -2.26. The number of hydrogen-bond acceptors (Lipinski definition) is 4. The van der Waals surface area contributed by atoms with Crippen LogP contribution in [0.4, 0.5) is 13.2 Å². The summed E-state index contributed by atoms with van der Waals surface area (Å²) in [6.45, 7) is 0.588. The minimum atomic E-state index is -4.86. The number of ether oxygens (including phenoxy) is 1. The minimum absolute atomic E-state index is 0.158. The van der Waals surface area contributed by atoms with Gasteiger partial charge in [-0.05, 0) is 13.0 Å². The molecule has 7 heteroatoms. The third-order valence-corrected chi connectivity index (χ3v) is 2.27. The summed E-state index contributed by atoms with van der Waals surface area (Å²) < 4.78 is 42.0. The molecule has 1 atom stereocenters. The zero-order valence-electron chi connectivity index (χ0n) is 9.08. The monoisotopic (exact) mass is 249 g/mol. The zero-order chi connectivity index (χ0) is 13.3. The van der Waals surface area contributed by atoms with Crippen molar-refractivity contribution in [1.82, 2.24) is 4.98 Å². The van der Waals surface area contributed by atoms with Gasteiger partial charge in [-0.2, -0.15) is 13.2 Å². The van der Waals surface area contributed by atoms with Gasteiger partial charge in [0.2, 0.25) is 0 Å². The molecule has 0 aliphatic heterocycles. The third kappa shape index (κ3) is 2.55. The van der Waals surface area contributed by atoms with Gasteiger partial charge in [-0.1, -0.05) is 0 Å². The summed E-state index contributed by atoms with van der Waals surface area (Å²) in [5.41, 5.74) is -3.74. The maximum atomic E-state index is 12.5. The Hall–Kier alpha value is -1.63. The molecule has 94 valence electrons. The quantitative estimate of drug-likeness (QED) is 0.809. The highest BCUT2D eigenvalue weighted by atomic mass is 19.4. The van der Waals surface area contributed by atoms with Crippen molar-refractivity contribution >= 4 is 5.97 Å². The summed E-state index contributed by atoms with van der Waals surface area (Å²) in [6, 6.07) is 0.895. The molecule has 0 spiro atoms. The van der Waals surface area contributed by atoms with E-state index in [1.54, 1.807) is 0 Å². The second kappa shape index (κ2) is 4.33. The first-order valence-electron chi connectivity index (χ1n) is 4.53. The standard InChI is InChI=1S/C10H10F3NO3/c1-9(16,10(11,12)13)7-3-6(4-14-5-7)8(15)17-2/h3-5,16H,1-2H3/t9-/m1/s1. The van der Waals surface area contributed by atoms with Crippen molar-refractivity contribution in [3.05, 3.63) is 29.6 Å². The molecule has 0 amide bonds. The van der Waals surface area contributed by atoms with E-state index in [4.69, 9.17) is 0 Å². The number of nitrogens with zero attached hydrogens (tertiary/aromatic N) is 1. The number of carbonyl (C=O) groups excluding carboxylic acids is 1. The van der Waals surface area contributed by atoms with Crippen molar-refractivity contribution in [1.29, 1.82) is 0 Å². The van der Waals surface area contributed by atoms with Crippen LogP contribution in [-0.4, -0.2) is 29.3 Å². The van der Waals surface area contributed by atoms with Crippen LogP contribution < -0.4 is 0 Å². The van der Waals surface area contributed by atoms with E-state index in [2.05, 4.69) is 9.72 Å². The normalized spacial score (nSPS) is 15.2. The minimum Gasteiger partial charge on any atom is -0.465 e. The second-order valence-corrected chi connectivity index (χ2v) is 3.52. The van der Waals surface area contributed by atoms with Crippen LogP contribution in [0.1, 0.15) is 22.8 Å². The molecular formula is C10H10F3NO3. The fraction of sp³-hybridized carbons (Fsp3) is 0.400. The van der Waals surface area contributed by atoms with E-state index in [-0.39, 0.29) is 5.56 Å². The number of aromatic nitrogens is 1. The van der Waals surface area contributed by atoms with E-state index in [9.17, 15) is 23.1 Å². The first-order valence-corrected chi connectivity index (χ1v) is 4.53. The summed E-state index contributed by atoms with van der Waals surface area (Å²) in [4.78, 5) is 14.6. The highest BCUT2D eigenvalue weighted by molar-refractivity contribution is 5.89. The average molecular weight is 249 g/mol. The predicted octanol–water partition coefficient (Wildman–Crippen LogP) is 1.64. The summed E-state index contributed by atoms with van der Waals surface area (Å²) in [6.07, 6.45) is -2.95. The van der Waals surface area contributed by atoms with Crippen LogP contribution in [0.3, 0.4) is 0 Å². The van der Waals surface area contributed by atoms with Gasteiger partial charge in [0.05, 0.1) is 12.7 Å². The lowest BCUT2D eigenvalue weighted by Crippen LogP contribution is -2.39. The molecule has 1 rings (SSSR count). The largest absolute Gasteiger partial charge is 0.465 e. The molecule has 0 saturated heterocycles. The van der Waals surface area contributed by atoms with Gasteiger partial charge in [0.15, 0.2) is 5.60 Å². The van der Waals surface area contributed by atoms with Gasteiger partial charge in [-0.15, -0.1) is 0 Å². The number of halogens is 3. The van der Waals surface area contributed by atoms with E-state index < -0.39 is 23.3 Å². The highest BCUT2D eigenvalue weighted by Crippen LogP contribution is 2.38. The summed E-state index contributed by atoms with van der Waals surface area (Å²) in [5, 5.41) is 9.38. The molecule has 17 heavy (non-hydrogen) atoms. The number of methoxy groups -OCH3 is 1. The van der Waals surface area contributed by atoms with Gasteiger partial charge in [0, 0.05) is 18.0 Å². The summed E-state index contributed by atoms with van der Waals surface area (Å²) in [5.74, 6) is -0.822. The van der Waals surface area contributed by atoms with E-state index >= 15 is 0 Å². The van der Waals surface area contributed by atoms with Crippen molar-refractivity contribution in [3.8, 4) is 0 Å². The fourth-order valence-electron chi connectivity index (χ4n) is 1.10. The summed E-state index contributed by atoms with van der Waals surface area (Å²) >= 11 is 0. The van der Waals surface area contributed by atoms with Crippen LogP contribution in [0.15, 0.2) is 18.5 Å². The van der Waals surface area contributed by atoms with Crippen molar-refractivity contribution in [2.24, 2.45) is 0 Å². The van der Waals surface area contributed by atoms with Crippen molar-refractivity contribution < 1.29 is 27.8 Å². The van der Waals surface area contributed by atoms with E-state index in [0.717, 1.165) is 25.6 Å². The number of aliphatic hydroxyl groups is 1. The van der Waals surface area contributed by atoms with Crippen LogP contribution >= 0.6 is 0 Å². The number of rotatable bonds is 2. The number of hydrogen-bond donors (Lipinski definition) is 1. The Morgan fingerprint density at radius 2 is 2.00 bits per heavy atom. The Kier molecular flexibility index (Phi) is 3.42. The molecule has 0 aliphatic carbocycles. The first kappa shape index (κ1) is 13.4. The summed E-state index contributed by atoms with van der Waals surface area (Å²) in [7, 11) is 1.09. The SMILES string of the molecule is COC(=O)c1cncc([C@@](C)(O)C(F)(F)F)c1. The number of esters is 1. The molecule has 0 unspecified atom stereocenters. The Bertz CT molecular complexity index is 429. The fourth-order valence-corrected chi connectivity index (χ4v) is 1.10. The maximum Gasteiger partial charge on any atom is 0.421 e. The van der Waals surface area contributed by atoms with Crippen molar-refractivity contribution in [3.63, 3.8) is 0 Å². The van der Waals surface area contributed by atoms with E-state index in [1.165, 1.54) is 0 Å². The maximum absolute atomic E-state index is 12.5. The number of pyridine rings is 1. The lowest BCUT2D eigenvalue weighted by atomic mass is 9.96. The average Bonchev–Trinajstić information content (AvgIpc) is 2.26. The van der Waals surface area contributed by atoms with Crippen LogP contribution in [0.2, 0.25) is 0 Å². The van der Waals surface area contributed by atoms with Crippen LogP contribution in [0.5, 0.6) is 0 Å². The lowest BCUT2D eigenvalue weighted by molar-refractivity contribution is -0.259. The molecule has 4 nitrogen and oxygen atoms in total. The molecule has 0 radical (unpaired) electrons. The van der Waals surface area contributed by atoms with E-state index in [0.29, 0.717) is 6.92 Å². The Morgan fingerprint density at radius 1 is 1.41 bits per heavy atom. The van der Waals surface area contributed by atoms with Gasteiger partial charge in [-0.25, -0.2) is 4.79 Å². The predicted molar refractivity (Wildman–Crippen MR) is 51.2 cm³/mol. The van der Waals surface area contributed by atoms with E-state index in [1.807, 2.05) is 0 Å². The molecule has 0 saturated carbocycles. The van der Waals surface area contributed by atoms with Gasteiger partial charge in [0.1, 0.15) is 0 Å². The third-order valence-electron chi connectivity index (χ3n) is 2.27. The Labute approximate surface area is 95.0 Å². The van der Waals surface area contributed by atoms with Crippen molar-refractivity contribution in [2.75, 3.05) is 7.11 Å². The Balaban J connectivity index is 3.21. The molecule has 1 N–H and O–H groups in total. The molecule has 0 fully saturated rings. The van der Waals surface area contributed by atoms with Crippen LogP contribution in [0, 0.1) is 0 Å². The van der Waals surface area contributed by atoms with Crippen molar-refractivity contribution in [2.45, 2.75) is 18.7 Å². The molecule has 1 heterocycles. The molecular weight excluding hydrogens is 239 g/mol. The highest BCUT2D eigenvalue weighted by Gasteiger charge is 2.51.